The van der Waals surface area contributed by atoms with E-state index in [-0.39, 0.29) is 12.0 Å². The number of nitrogens with one attached hydrogen (secondary N) is 1. The van der Waals surface area contributed by atoms with Crippen molar-refractivity contribution in [2.45, 2.75) is 6.42 Å². The van der Waals surface area contributed by atoms with E-state index in [2.05, 4.69) is 4.98 Å². The van der Waals surface area contributed by atoms with Crippen molar-refractivity contribution in [3.8, 4) is 16.9 Å². The maximum atomic E-state index is 14.2. The summed E-state index contributed by atoms with van der Waals surface area (Å²) < 4.78 is 33.0. The second-order valence-corrected chi connectivity index (χ2v) is 5.08. The number of hydrogen-bond acceptors (Lipinski definition) is 2. The number of H-pyrrole nitrogens is 1. The molecule has 0 fully saturated rings. The molecule has 0 saturated heterocycles. The van der Waals surface area contributed by atoms with Crippen molar-refractivity contribution in [1.82, 2.24) is 4.98 Å². The van der Waals surface area contributed by atoms with E-state index in [1.807, 2.05) is 0 Å². The summed E-state index contributed by atoms with van der Waals surface area (Å²) in [5.74, 6) is -2.49. The number of aromatic nitrogens is 1. The van der Waals surface area contributed by atoms with E-state index < -0.39 is 17.6 Å². The van der Waals surface area contributed by atoms with Gasteiger partial charge in [0.1, 0.15) is 5.75 Å². The van der Waals surface area contributed by atoms with Gasteiger partial charge in [0.25, 0.3) is 0 Å². The van der Waals surface area contributed by atoms with E-state index in [1.165, 1.54) is 19.2 Å². The number of aromatic amines is 1. The van der Waals surface area contributed by atoms with Gasteiger partial charge in [-0.2, -0.15) is 0 Å². The van der Waals surface area contributed by atoms with Gasteiger partial charge in [0.15, 0.2) is 11.6 Å². The van der Waals surface area contributed by atoms with Crippen molar-refractivity contribution in [3.05, 3.63) is 53.7 Å². The number of carboxylic acid groups (broad SMARTS) is 1. The molecule has 0 saturated carbocycles. The predicted octanol–water partition coefficient (Wildman–Crippen LogP) is 3.75. The fourth-order valence-corrected chi connectivity index (χ4v) is 2.66. The van der Waals surface area contributed by atoms with Crippen LogP contribution in [0.1, 0.15) is 5.56 Å². The third-order valence-corrected chi connectivity index (χ3v) is 3.65. The van der Waals surface area contributed by atoms with Crippen LogP contribution in [0, 0.1) is 11.6 Å². The van der Waals surface area contributed by atoms with Crippen molar-refractivity contribution in [3.63, 3.8) is 0 Å². The number of ether oxygens (including phenoxy) is 1. The Morgan fingerprint density at radius 1 is 1.26 bits per heavy atom. The van der Waals surface area contributed by atoms with Crippen molar-refractivity contribution >= 4 is 16.9 Å². The van der Waals surface area contributed by atoms with Gasteiger partial charge in [-0.05, 0) is 23.3 Å². The minimum absolute atomic E-state index is 0.0557. The first-order valence-corrected chi connectivity index (χ1v) is 6.85. The van der Waals surface area contributed by atoms with E-state index in [9.17, 15) is 13.6 Å². The Hall–Kier alpha value is -2.89. The van der Waals surface area contributed by atoms with E-state index in [0.717, 1.165) is 6.07 Å². The fourth-order valence-electron chi connectivity index (χ4n) is 2.66. The number of rotatable bonds is 4. The molecule has 0 bridgehead atoms. The molecule has 0 amide bonds. The molecule has 1 heterocycles. The Morgan fingerprint density at radius 3 is 2.74 bits per heavy atom. The third kappa shape index (κ3) is 2.63. The van der Waals surface area contributed by atoms with Crippen molar-refractivity contribution < 1.29 is 23.4 Å². The van der Waals surface area contributed by atoms with Crippen LogP contribution in [0.4, 0.5) is 8.78 Å². The highest BCUT2D eigenvalue weighted by Crippen LogP contribution is 2.36. The zero-order valence-corrected chi connectivity index (χ0v) is 12.2. The summed E-state index contributed by atoms with van der Waals surface area (Å²) in [7, 11) is 1.47. The number of carboxylic acids is 1. The molecule has 3 aromatic rings. The quantitative estimate of drug-likeness (QED) is 0.770. The monoisotopic (exact) mass is 317 g/mol. The smallest absolute Gasteiger partial charge is 0.307 e. The normalized spacial score (nSPS) is 10.9. The molecule has 0 radical (unpaired) electrons. The molecule has 118 valence electrons. The van der Waals surface area contributed by atoms with E-state index >= 15 is 0 Å². The van der Waals surface area contributed by atoms with Gasteiger partial charge in [-0.1, -0.05) is 12.1 Å². The lowest BCUT2D eigenvalue weighted by Gasteiger charge is -2.10. The Balaban J connectivity index is 2.34. The highest BCUT2D eigenvalue weighted by molar-refractivity contribution is 6.00. The lowest BCUT2D eigenvalue weighted by molar-refractivity contribution is -0.136. The molecule has 0 aliphatic heterocycles. The van der Waals surface area contributed by atoms with E-state index in [4.69, 9.17) is 9.84 Å². The first-order chi connectivity index (χ1) is 11.0. The van der Waals surface area contributed by atoms with Gasteiger partial charge in [0.2, 0.25) is 0 Å². The number of carbonyl (C=O) groups is 1. The standard InChI is InChI=1S/C17H13F2NO3/c1-23-10-6-12(11-3-2-4-13(18)17(11)19)16-9(5-15(21)22)8-20-14(16)7-10/h2-4,6-8,20H,5H2,1H3,(H,21,22). The summed E-state index contributed by atoms with van der Waals surface area (Å²) in [6.45, 7) is 0. The van der Waals surface area contributed by atoms with E-state index in [0.29, 0.717) is 27.8 Å². The second-order valence-electron chi connectivity index (χ2n) is 5.08. The number of methoxy groups -OCH3 is 1. The fraction of sp³-hybridized carbons (Fsp3) is 0.118. The van der Waals surface area contributed by atoms with Crippen LogP contribution in [-0.2, 0) is 11.2 Å². The topological polar surface area (TPSA) is 62.3 Å². The van der Waals surface area contributed by atoms with Gasteiger partial charge < -0.3 is 14.8 Å². The first kappa shape index (κ1) is 15.0. The minimum atomic E-state index is -1.01. The van der Waals surface area contributed by atoms with Crippen LogP contribution in [0.5, 0.6) is 5.75 Å². The molecule has 4 nitrogen and oxygen atoms in total. The molecule has 23 heavy (non-hydrogen) atoms. The third-order valence-electron chi connectivity index (χ3n) is 3.65. The lowest BCUT2D eigenvalue weighted by atomic mass is 9.97. The number of benzene rings is 2. The van der Waals surface area contributed by atoms with Gasteiger partial charge in [0.05, 0.1) is 13.5 Å². The highest BCUT2D eigenvalue weighted by Gasteiger charge is 2.18. The molecule has 0 aliphatic carbocycles. The Kier molecular flexibility index (Phi) is 3.73. The SMILES string of the molecule is COc1cc(-c2cccc(F)c2F)c2c(CC(=O)O)c[nH]c2c1. The number of hydrogen-bond donors (Lipinski definition) is 2. The minimum Gasteiger partial charge on any atom is -0.497 e. The molecule has 6 heteroatoms. The Morgan fingerprint density at radius 2 is 2.04 bits per heavy atom. The summed E-state index contributed by atoms with van der Waals surface area (Å²) in [4.78, 5) is 14.0. The average Bonchev–Trinajstić information content (AvgIpc) is 2.91. The molecule has 0 unspecified atom stereocenters. The second kappa shape index (κ2) is 5.72. The van der Waals surface area contributed by atoms with Crippen LogP contribution < -0.4 is 4.74 Å². The zero-order chi connectivity index (χ0) is 16.6. The number of aliphatic carboxylic acids is 1. The van der Waals surface area contributed by atoms with Gasteiger partial charge in [-0.25, -0.2) is 8.78 Å². The summed E-state index contributed by atoms with van der Waals surface area (Å²) in [6, 6.07) is 7.14. The van der Waals surface area contributed by atoms with Crippen LogP contribution in [0.2, 0.25) is 0 Å². The lowest BCUT2D eigenvalue weighted by Crippen LogP contribution is -2.00. The first-order valence-electron chi connectivity index (χ1n) is 6.85. The van der Waals surface area contributed by atoms with Crippen molar-refractivity contribution in [2.75, 3.05) is 7.11 Å². The van der Waals surface area contributed by atoms with Crippen LogP contribution in [-0.4, -0.2) is 23.2 Å². The van der Waals surface area contributed by atoms with Gasteiger partial charge >= 0.3 is 5.97 Å². The molecule has 0 aliphatic rings. The summed E-state index contributed by atoms with van der Waals surface area (Å²) in [5.41, 5.74) is 1.53. The summed E-state index contributed by atoms with van der Waals surface area (Å²) in [6.07, 6.45) is 1.33. The average molecular weight is 317 g/mol. The van der Waals surface area contributed by atoms with Crippen LogP contribution in [0.25, 0.3) is 22.0 Å². The predicted molar refractivity (Wildman–Crippen MR) is 81.5 cm³/mol. The van der Waals surface area contributed by atoms with Crippen molar-refractivity contribution in [2.24, 2.45) is 0 Å². The Labute approximate surface area is 130 Å². The molecule has 2 N–H and O–H groups in total. The maximum absolute atomic E-state index is 14.2. The molecule has 0 atom stereocenters. The Bertz CT molecular complexity index is 902. The largest absolute Gasteiger partial charge is 0.497 e. The molecule has 3 rings (SSSR count). The van der Waals surface area contributed by atoms with Gasteiger partial charge in [-0.3, -0.25) is 4.79 Å². The van der Waals surface area contributed by atoms with Crippen molar-refractivity contribution in [1.29, 1.82) is 0 Å². The summed E-state index contributed by atoms with van der Waals surface area (Å²) >= 11 is 0. The van der Waals surface area contributed by atoms with Gasteiger partial charge in [-0.15, -0.1) is 0 Å². The van der Waals surface area contributed by atoms with Crippen LogP contribution in [0.3, 0.4) is 0 Å². The van der Waals surface area contributed by atoms with Crippen LogP contribution in [0.15, 0.2) is 36.5 Å². The number of halogens is 2. The number of fused-ring (bicyclic) bond motifs is 1. The zero-order valence-electron chi connectivity index (χ0n) is 12.2. The molecular formula is C17H13F2NO3. The highest BCUT2D eigenvalue weighted by atomic mass is 19.2. The molecular weight excluding hydrogens is 304 g/mol. The van der Waals surface area contributed by atoms with E-state index in [1.54, 1.807) is 18.3 Å². The maximum Gasteiger partial charge on any atom is 0.307 e. The van der Waals surface area contributed by atoms with Crippen LogP contribution >= 0.6 is 0 Å². The molecule has 0 spiro atoms. The summed E-state index contributed by atoms with van der Waals surface area (Å²) in [5, 5.41) is 9.57. The molecule has 1 aromatic heterocycles. The van der Waals surface area contributed by atoms with Gasteiger partial charge in [0, 0.05) is 28.7 Å². The molecule has 2 aromatic carbocycles.